The van der Waals surface area contributed by atoms with Crippen LogP contribution in [0, 0.1) is 0 Å². The number of hydrogen-bond donors (Lipinski definition) is 2. The summed E-state index contributed by atoms with van der Waals surface area (Å²) in [5, 5.41) is 5.71. The second-order valence-electron chi connectivity index (χ2n) is 6.02. The van der Waals surface area contributed by atoms with Gasteiger partial charge in [-0.25, -0.2) is 0 Å². The quantitative estimate of drug-likeness (QED) is 0.664. The number of ether oxygens (including phenoxy) is 1. The van der Waals surface area contributed by atoms with Gasteiger partial charge in [0.2, 0.25) is 11.8 Å². The van der Waals surface area contributed by atoms with E-state index in [1.165, 1.54) is 0 Å². The molecule has 7 heteroatoms. The highest BCUT2D eigenvalue weighted by molar-refractivity contribution is 9.10. The van der Waals surface area contributed by atoms with Gasteiger partial charge in [-0.2, -0.15) is 0 Å². The van der Waals surface area contributed by atoms with Gasteiger partial charge in [0.1, 0.15) is 5.75 Å². The molecular weight excluding hydrogens is 410 g/mol. The van der Waals surface area contributed by atoms with E-state index < -0.39 is 6.04 Å². The summed E-state index contributed by atoms with van der Waals surface area (Å²) in [6.07, 6.45) is 0. The van der Waals surface area contributed by atoms with Gasteiger partial charge in [-0.15, -0.1) is 0 Å². The minimum absolute atomic E-state index is 0.112. The molecule has 0 aliphatic rings. The minimum atomic E-state index is -0.454. The standard InChI is InChI=1S/C20H24BrN3O3/c1-4-24(13-19(25)22-17-9-6-10-18(12-17)27-3)14(2)20(26)23-16-8-5-7-15(21)11-16/h5-12,14H,4,13H2,1-3H3,(H,22,25)(H,23,26). The maximum Gasteiger partial charge on any atom is 0.241 e. The molecule has 2 amide bonds. The van der Waals surface area contributed by atoms with Crippen molar-refractivity contribution in [2.24, 2.45) is 0 Å². The zero-order chi connectivity index (χ0) is 19.8. The molecule has 6 nitrogen and oxygen atoms in total. The molecule has 0 heterocycles. The van der Waals surface area contributed by atoms with E-state index in [2.05, 4.69) is 26.6 Å². The Hall–Kier alpha value is -2.38. The van der Waals surface area contributed by atoms with Gasteiger partial charge in [0.05, 0.1) is 19.7 Å². The third-order valence-electron chi connectivity index (χ3n) is 4.13. The Morgan fingerprint density at radius 2 is 1.78 bits per heavy atom. The summed E-state index contributed by atoms with van der Waals surface area (Å²) in [5.74, 6) is 0.318. The molecule has 2 rings (SSSR count). The van der Waals surface area contributed by atoms with Crippen LogP contribution in [0.5, 0.6) is 5.75 Å². The van der Waals surface area contributed by atoms with Gasteiger partial charge in [-0.3, -0.25) is 14.5 Å². The van der Waals surface area contributed by atoms with Crippen molar-refractivity contribution in [2.75, 3.05) is 30.8 Å². The smallest absolute Gasteiger partial charge is 0.241 e. The first-order valence-corrected chi connectivity index (χ1v) is 9.46. The molecule has 0 aliphatic carbocycles. The molecule has 0 bridgehead atoms. The molecule has 0 aliphatic heterocycles. The number of halogens is 1. The van der Waals surface area contributed by atoms with Crippen molar-refractivity contribution in [3.8, 4) is 5.75 Å². The fourth-order valence-electron chi connectivity index (χ4n) is 2.59. The van der Waals surface area contributed by atoms with E-state index in [1.807, 2.05) is 42.2 Å². The predicted molar refractivity (Wildman–Crippen MR) is 111 cm³/mol. The fraction of sp³-hybridized carbons (Fsp3) is 0.300. The molecule has 2 aromatic carbocycles. The van der Waals surface area contributed by atoms with E-state index >= 15 is 0 Å². The highest BCUT2D eigenvalue weighted by Gasteiger charge is 2.22. The van der Waals surface area contributed by atoms with Crippen LogP contribution in [-0.4, -0.2) is 43.0 Å². The predicted octanol–water partition coefficient (Wildman–Crippen LogP) is 3.75. The molecular formula is C20H24BrN3O3. The summed E-state index contributed by atoms with van der Waals surface area (Å²) in [7, 11) is 1.57. The van der Waals surface area contributed by atoms with Crippen molar-refractivity contribution in [3.63, 3.8) is 0 Å². The molecule has 0 aromatic heterocycles. The second kappa shape index (κ2) is 10.1. The Kier molecular flexibility index (Phi) is 7.82. The number of likely N-dealkylation sites (N-methyl/N-ethyl adjacent to an activating group) is 1. The van der Waals surface area contributed by atoms with Gasteiger partial charge in [0.25, 0.3) is 0 Å². The molecule has 144 valence electrons. The number of rotatable bonds is 8. The van der Waals surface area contributed by atoms with Gasteiger partial charge in [-0.1, -0.05) is 35.0 Å². The number of nitrogens with one attached hydrogen (secondary N) is 2. The van der Waals surface area contributed by atoms with E-state index in [4.69, 9.17) is 4.74 Å². The molecule has 2 aromatic rings. The third kappa shape index (κ3) is 6.37. The average Bonchev–Trinajstić information content (AvgIpc) is 2.65. The first-order valence-electron chi connectivity index (χ1n) is 8.67. The van der Waals surface area contributed by atoms with Crippen molar-refractivity contribution in [3.05, 3.63) is 53.0 Å². The number of anilines is 2. The van der Waals surface area contributed by atoms with Crippen LogP contribution in [0.4, 0.5) is 11.4 Å². The molecule has 0 radical (unpaired) electrons. The number of amides is 2. The van der Waals surface area contributed by atoms with Crippen LogP contribution >= 0.6 is 15.9 Å². The van der Waals surface area contributed by atoms with E-state index in [1.54, 1.807) is 32.2 Å². The van der Waals surface area contributed by atoms with Crippen molar-refractivity contribution in [2.45, 2.75) is 19.9 Å². The number of carbonyl (C=O) groups excluding carboxylic acids is 2. The summed E-state index contributed by atoms with van der Waals surface area (Å²) in [6.45, 7) is 4.39. The molecule has 0 fully saturated rings. The van der Waals surface area contributed by atoms with Crippen LogP contribution < -0.4 is 15.4 Å². The van der Waals surface area contributed by atoms with Gasteiger partial charge < -0.3 is 15.4 Å². The van der Waals surface area contributed by atoms with E-state index in [9.17, 15) is 9.59 Å². The highest BCUT2D eigenvalue weighted by atomic mass is 79.9. The number of hydrogen-bond acceptors (Lipinski definition) is 4. The SMILES string of the molecule is CCN(CC(=O)Nc1cccc(OC)c1)C(C)C(=O)Nc1cccc(Br)c1. The van der Waals surface area contributed by atoms with Crippen LogP contribution in [0.15, 0.2) is 53.0 Å². The lowest BCUT2D eigenvalue weighted by molar-refractivity contribution is -0.123. The van der Waals surface area contributed by atoms with Gasteiger partial charge in [0, 0.05) is 21.9 Å². The maximum atomic E-state index is 12.5. The van der Waals surface area contributed by atoms with Crippen LogP contribution in [0.1, 0.15) is 13.8 Å². The van der Waals surface area contributed by atoms with Gasteiger partial charge >= 0.3 is 0 Å². The Morgan fingerprint density at radius 1 is 1.11 bits per heavy atom. The molecule has 1 atom stereocenters. The van der Waals surface area contributed by atoms with Crippen LogP contribution in [-0.2, 0) is 9.59 Å². The Labute approximate surface area is 168 Å². The van der Waals surface area contributed by atoms with E-state index in [0.29, 0.717) is 23.7 Å². The minimum Gasteiger partial charge on any atom is -0.497 e. The molecule has 2 N–H and O–H groups in total. The largest absolute Gasteiger partial charge is 0.497 e. The maximum absolute atomic E-state index is 12.5. The third-order valence-corrected chi connectivity index (χ3v) is 4.62. The molecule has 0 spiro atoms. The normalized spacial score (nSPS) is 11.7. The highest BCUT2D eigenvalue weighted by Crippen LogP contribution is 2.18. The molecule has 0 saturated heterocycles. The molecule has 1 unspecified atom stereocenters. The second-order valence-corrected chi connectivity index (χ2v) is 6.93. The summed E-state index contributed by atoms with van der Waals surface area (Å²) in [6, 6.07) is 14.1. The lowest BCUT2D eigenvalue weighted by Crippen LogP contribution is -2.45. The number of nitrogens with zero attached hydrogens (tertiary/aromatic N) is 1. The number of methoxy groups -OCH3 is 1. The van der Waals surface area contributed by atoms with Crippen LogP contribution in [0.2, 0.25) is 0 Å². The van der Waals surface area contributed by atoms with Crippen molar-refractivity contribution in [1.29, 1.82) is 0 Å². The summed E-state index contributed by atoms with van der Waals surface area (Å²) in [5.41, 5.74) is 1.36. The first-order chi connectivity index (χ1) is 12.9. The van der Waals surface area contributed by atoms with E-state index in [0.717, 1.165) is 4.47 Å². The van der Waals surface area contributed by atoms with Crippen molar-refractivity contribution < 1.29 is 14.3 Å². The number of benzene rings is 2. The zero-order valence-corrected chi connectivity index (χ0v) is 17.2. The molecule has 27 heavy (non-hydrogen) atoms. The summed E-state index contributed by atoms with van der Waals surface area (Å²) < 4.78 is 6.04. The van der Waals surface area contributed by atoms with E-state index in [-0.39, 0.29) is 18.4 Å². The average molecular weight is 434 g/mol. The Balaban J connectivity index is 1.95. The van der Waals surface area contributed by atoms with Crippen molar-refractivity contribution in [1.82, 2.24) is 4.90 Å². The zero-order valence-electron chi connectivity index (χ0n) is 15.7. The summed E-state index contributed by atoms with van der Waals surface area (Å²) in [4.78, 5) is 26.7. The van der Waals surface area contributed by atoms with Gasteiger partial charge in [-0.05, 0) is 43.8 Å². The first kappa shape index (κ1) is 20.9. The topological polar surface area (TPSA) is 70.7 Å². The molecule has 0 saturated carbocycles. The lowest BCUT2D eigenvalue weighted by atomic mass is 10.2. The lowest BCUT2D eigenvalue weighted by Gasteiger charge is -2.26. The van der Waals surface area contributed by atoms with Gasteiger partial charge in [0.15, 0.2) is 0 Å². The fourth-order valence-corrected chi connectivity index (χ4v) is 2.99. The number of carbonyl (C=O) groups is 2. The van der Waals surface area contributed by atoms with Crippen molar-refractivity contribution >= 4 is 39.1 Å². The monoisotopic (exact) mass is 433 g/mol. The Bertz CT molecular complexity index is 798. The summed E-state index contributed by atoms with van der Waals surface area (Å²) >= 11 is 3.38. The Morgan fingerprint density at radius 3 is 2.41 bits per heavy atom. The van der Waals surface area contributed by atoms with Crippen LogP contribution in [0.25, 0.3) is 0 Å². The van der Waals surface area contributed by atoms with Crippen LogP contribution in [0.3, 0.4) is 0 Å².